The van der Waals surface area contributed by atoms with Crippen molar-refractivity contribution in [2.24, 2.45) is 0 Å². The Balaban J connectivity index is 1.21. The average Bonchev–Trinajstić information content (AvgIpc) is 3.17. The molecule has 29 heavy (non-hydrogen) atoms. The SMILES string of the molecule is c1ccc(Oc2ccnc(N3CCN(Cc4cn5ccccc5n4)CC3)n2)cc1. The Morgan fingerprint density at radius 2 is 1.69 bits per heavy atom. The Labute approximate surface area is 169 Å². The predicted molar refractivity (Wildman–Crippen MR) is 111 cm³/mol. The van der Waals surface area contributed by atoms with Crippen molar-refractivity contribution in [2.75, 3.05) is 31.1 Å². The number of para-hydroxylation sites is 1. The summed E-state index contributed by atoms with van der Waals surface area (Å²) < 4.78 is 7.91. The molecule has 0 saturated carbocycles. The number of ether oxygens (including phenoxy) is 1. The topological polar surface area (TPSA) is 58.8 Å². The van der Waals surface area contributed by atoms with Crippen LogP contribution in [0.25, 0.3) is 5.65 Å². The lowest BCUT2D eigenvalue weighted by Gasteiger charge is -2.34. The van der Waals surface area contributed by atoms with Gasteiger partial charge in [-0.1, -0.05) is 24.3 Å². The van der Waals surface area contributed by atoms with Gasteiger partial charge < -0.3 is 14.0 Å². The third kappa shape index (κ3) is 4.05. The van der Waals surface area contributed by atoms with Crippen LogP contribution in [0.1, 0.15) is 5.69 Å². The highest BCUT2D eigenvalue weighted by atomic mass is 16.5. The molecule has 146 valence electrons. The van der Waals surface area contributed by atoms with Gasteiger partial charge in [0.2, 0.25) is 11.8 Å². The van der Waals surface area contributed by atoms with E-state index in [0.29, 0.717) is 11.8 Å². The molecule has 1 aliphatic heterocycles. The number of benzene rings is 1. The number of rotatable bonds is 5. The number of nitrogens with zero attached hydrogens (tertiary/aromatic N) is 6. The second-order valence-corrected chi connectivity index (χ2v) is 7.07. The molecule has 0 N–H and O–H groups in total. The van der Waals surface area contributed by atoms with Gasteiger partial charge >= 0.3 is 0 Å². The fourth-order valence-corrected chi connectivity index (χ4v) is 3.55. The van der Waals surface area contributed by atoms with Crippen LogP contribution >= 0.6 is 0 Å². The first-order valence-corrected chi connectivity index (χ1v) is 9.79. The monoisotopic (exact) mass is 386 g/mol. The summed E-state index contributed by atoms with van der Waals surface area (Å²) in [6.07, 6.45) is 5.89. The van der Waals surface area contributed by atoms with E-state index in [4.69, 9.17) is 9.72 Å². The normalized spacial score (nSPS) is 15.0. The lowest BCUT2D eigenvalue weighted by molar-refractivity contribution is 0.246. The zero-order valence-electron chi connectivity index (χ0n) is 16.1. The maximum absolute atomic E-state index is 5.84. The van der Waals surface area contributed by atoms with Crippen molar-refractivity contribution in [3.8, 4) is 11.6 Å². The number of imidazole rings is 1. The van der Waals surface area contributed by atoms with E-state index >= 15 is 0 Å². The van der Waals surface area contributed by atoms with Gasteiger partial charge in [-0.15, -0.1) is 0 Å². The van der Waals surface area contributed by atoms with Gasteiger partial charge in [-0.3, -0.25) is 4.90 Å². The number of anilines is 1. The second-order valence-electron chi connectivity index (χ2n) is 7.07. The summed E-state index contributed by atoms with van der Waals surface area (Å²) in [5.74, 6) is 2.05. The van der Waals surface area contributed by atoms with Crippen molar-refractivity contribution >= 4 is 11.6 Å². The molecule has 1 aromatic carbocycles. The Morgan fingerprint density at radius 3 is 2.52 bits per heavy atom. The van der Waals surface area contributed by atoms with E-state index in [9.17, 15) is 0 Å². The molecule has 1 fully saturated rings. The van der Waals surface area contributed by atoms with Crippen molar-refractivity contribution in [3.05, 3.63) is 78.9 Å². The van der Waals surface area contributed by atoms with Gasteiger partial charge in [0.05, 0.1) is 5.69 Å². The van der Waals surface area contributed by atoms with Gasteiger partial charge in [-0.05, 0) is 24.3 Å². The molecular formula is C22H22N6O. The molecule has 0 spiro atoms. The van der Waals surface area contributed by atoms with Crippen molar-refractivity contribution in [1.82, 2.24) is 24.3 Å². The summed E-state index contributed by atoms with van der Waals surface area (Å²) >= 11 is 0. The highest BCUT2D eigenvalue weighted by Gasteiger charge is 2.20. The minimum atomic E-state index is 0.563. The van der Waals surface area contributed by atoms with Crippen LogP contribution in [0.2, 0.25) is 0 Å². The van der Waals surface area contributed by atoms with Crippen molar-refractivity contribution in [2.45, 2.75) is 6.54 Å². The van der Waals surface area contributed by atoms with Crippen LogP contribution in [-0.2, 0) is 6.54 Å². The lowest BCUT2D eigenvalue weighted by Crippen LogP contribution is -2.46. The largest absolute Gasteiger partial charge is 0.439 e. The van der Waals surface area contributed by atoms with Crippen LogP contribution in [0.15, 0.2) is 73.2 Å². The maximum atomic E-state index is 5.84. The molecule has 4 aromatic rings. The van der Waals surface area contributed by atoms with Gasteiger partial charge in [0.1, 0.15) is 11.4 Å². The number of fused-ring (bicyclic) bond motifs is 1. The quantitative estimate of drug-likeness (QED) is 0.525. The van der Waals surface area contributed by atoms with E-state index in [1.54, 1.807) is 12.3 Å². The molecule has 0 atom stereocenters. The highest BCUT2D eigenvalue weighted by Crippen LogP contribution is 2.21. The Kier molecular flexibility index (Phi) is 4.80. The van der Waals surface area contributed by atoms with Crippen LogP contribution in [0.5, 0.6) is 11.6 Å². The summed E-state index contributed by atoms with van der Waals surface area (Å²) in [6, 6.07) is 17.5. The summed E-state index contributed by atoms with van der Waals surface area (Å²) in [5.41, 5.74) is 2.09. The first-order valence-electron chi connectivity index (χ1n) is 9.79. The van der Waals surface area contributed by atoms with E-state index < -0.39 is 0 Å². The predicted octanol–water partition coefficient (Wildman–Crippen LogP) is 3.24. The molecule has 0 radical (unpaired) electrons. The molecule has 5 rings (SSSR count). The maximum Gasteiger partial charge on any atom is 0.228 e. The minimum absolute atomic E-state index is 0.563. The smallest absolute Gasteiger partial charge is 0.228 e. The Bertz CT molecular complexity index is 1060. The van der Waals surface area contributed by atoms with Gasteiger partial charge in [-0.25, -0.2) is 9.97 Å². The van der Waals surface area contributed by atoms with Gasteiger partial charge in [-0.2, -0.15) is 4.98 Å². The second kappa shape index (κ2) is 7.89. The van der Waals surface area contributed by atoms with Crippen molar-refractivity contribution in [1.29, 1.82) is 0 Å². The molecule has 7 nitrogen and oxygen atoms in total. The van der Waals surface area contributed by atoms with Crippen molar-refractivity contribution in [3.63, 3.8) is 0 Å². The molecule has 7 heteroatoms. The fourth-order valence-electron chi connectivity index (χ4n) is 3.55. The zero-order valence-corrected chi connectivity index (χ0v) is 16.1. The Morgan fingerprint density at radius 1 is 0.862 bits per heavy atom. The van der Waals surface area contributed by atoms with Crippen LogP contribution in [0.4, 0.5) is 5.95 Å². The fraction of sp³-hybridized carbons (Fsp3) is 0.227. The molecule has 3 aromatic heterocycles. The number of pyridine rings is 1. The van der Waals surface area contributed by atoms with Crippen LogP contribution in [0.3, 0.4) is 0 Å². The van der Waals surface area contributed by atoms with Crippen LogP contribution in [0, 0.1) is 0 Å². The zero-order chi connectivity index (χ0) is 19.5. The average molecular weight is 386 g/mol. The Hall–Kier alpha value is -3.45. The van der Waals surface area contributed by atoms with Crippen LogP contribution in [-0.4, -0.2) is 50.4 Å². The highest BCUT2D eigenvalue weighted by molar-refractivity contribution is 5.39. The number of hydrogen-bond acceptors (Lipinski definition) is 6. The first-order chi connectivity index (χ1) is 14.3. The van der Waals surface area contributed by atoms with Gasteiger partial charge in [0.25, 0.3) is 0 Å². The van der Waals surface area contributed by atoms with E-state index in [0.717, 1.165) is 49.8 Å². The van der Waals surface area contributed by atoms with E-state index in [-0.39, 0.29) is 0 Å². The van der Waals surface area contributed by atoms with Crippen LogP contribution < -0.4 is 9.64 Å². The van der Waals surface area contributed by atoms with Crippen molar-refractivity contribution < 1.29 is 4.74 Å². The molecule has 0 unspecified atom stereocenters. The third-order valence-corrected chi connectivity index (χ3v) is 5.04. The standard InChI is InChI=1S/C22H22N6O/c1-2-6-19(7-3-1)29-21-9-10-23-22(25-21)27-14-12-26(13-15-27)16-18-17-28-11-5-4-8-20(28)24-18/h1-11,17H,12-16H2. The molecule has 0 aliphatic carbocycles. The minimum Gasteiger partial charge on any atom is -0.439 e. The summed E-state index contributed by atoms with van der Waals surface area (Å²) in [5, 5.41) is 0. The molecular weight excluding hydrogens is 364 g/mol. The van der Waals surface area contributed by atoms with Gasteiger partial charge in [0.15, 0.2) is 0 Å². The number of hydrogen-bond donors (Lipinski definition) is 0. The van der Waals surface area contributed by atoms with E-state index in [1.165, 1.54) is 0 Å². The molecule has 1 aliphatic rings. The summed E-state index contributed by atoms with van der Waals surface area (Å²) in [4.78, 5) is 18.4. The number of piperazine rings is 1. The third-order valence-electron chi connectivity index (χ3n) is 5.04. The first kappa shape index (κ1) is 17.6. The lowest BCUT2D eigenvalue weighted by atomic mass is 10.3. The number of aromatic nitrogens is 4. The van der Waals surface area contributed by atoms with Gasteiger partial charge in [0, 0.05) is 57.4 Å². The molecule has 0 amide bonds. The molecule has 4 heterocycles. The summed E-state index contributed by atoms with van der Waals surface area (Å²) in [6.45, 7) is 4.50. The van der Waals surface area contributed by atoms with E-state index in [2.05, 4.69) is 30.4 Å². The molecule has 0 bridgehead atoms. The molecule has 1 saturated heterocycles. The van der Waals surface area contributed by atoms with E-state index in [1.807, 2.05) is 54.7 Å². The summed E-state index contributed by atoms with van der Waals surface area (Å²) in [7, 11) is 0.